The van der Waals surface area contributed by atoms with E-state index in [0.29, 0.717) is 0 Å². The van der Waals surface area contributed by atoms with Gasteiger partial charge < -0.3 is 5.32 Å². The molecule has 0 saturated heterocycles. The van der Waals surface area contributed by atoms with E-state index in [1.54, 1.807) is 0 Å². The number of nitrogens with one attached hydrogen (secondary N) is 2. The Morgan fingerprint density at radius 3 is 1.89 bits per heavy atom. The van der Waals surface area contributed by atoms with Crippen molar-refractivity contribution in [3.8, 4) is 0 Å². The van der Waals surface area contributed by atoms with Crippen LogP contribution in [-0.4, -0.2) is 24.1 Å². The van der Waals surface area contributed by atoms with E-state index in [2.05, 4.69) is 38.3 Å². The number of hydrogen-bond donors (Lipinski definition) is 2. The highest BCUT2D eigenvalue weighted by atomic mass is 35.5. The van der Waals surface area contributed by atoms with Crippen molar-refractivity contribution in [2.45, 2.75) is 64.3 Å². The van der Waals surface area contributed by atoms with Crippen molar-refractivity contribution in [1.82, 2.24) is 10.6 Å². The fourth-order valence-corrected chi connectivity index (χ4v) is 2.25. The van der Waals surface area contributed by atoms with E-state index in [0.717, 1.165) is 44.3 Å². The average Bonchev–Trinajstić information content (AvgIpc) is 2.28. The molecule has 0 aromatic rings. The minimum Gasteiger partial charge on any atom is -0.317 e. The SMILES string of the molecule is CC(C)CCCNCCC(Cl)(Cl)NCCCC(C)C. The third-order valence-corrected chi connectivity index (χ3v) is 3.74. The standard InChI is InChI=1S/C15H32Cl2N2/c1-13(2)7-5-10-18-12-9-15(16,17)19-11-6-8-14(3)4/h13-14,18-19H,5-12H2,1-4H3. The van der Waals surface area contributed by atoms with Crippen LogP contribution in [0.2, 0.25) is 0 Å². The molecule has 0 aromatic carbocycles. The molecule has 0 bridgehead atoms. The Bertz CT molecular complexity index is 206. The Morgan fingerprint density at radius 1 is 0.842 bits per heavy atom. The van der Waals surface area contributed by atoms with Crippen LogP contribution in [0.5, 0.6) is 0 Å². The molecule has 0 radical (unpaired) electrons. The Balaban J connectivity index is 3.45. The van der Waals surface area contributed by atoms with Gasteiger partial charge in [0.15, 0.2) is 4.46 Å². The summed E-state index contributed by atoms with van der Waals surface area (Å²) in [5.41, 5.74) is 0. The summed E-state index contributed by atoms with van der Waals surface area (Å²) >= 11 is 12.5. The molecule has 0 aliphatic heterocycles. The summed E-state index contributed by atoms with van der Waals surface area (Å²) in [6, 6.07) is 0. The fourth-order valence-electron chi connectivity index (χ4n) is 1.88. The number of alkyl halides is 2. The van der Waals surface area contributed by atoms with Gasteiger partial charge in [0.05, 0.1) is 0 Å². The van der Waals surface area contributed by atoms with E-state index in [1.807, 2.05) is 0 Å². The molecule has 0 aliphatic rings. The predicted molar refractivity (Wildman–Crippen MR) is 88.1 cm³/mol. The van der Waals surface area contributed by atoms with E-state index in [9.17, 15) is 0 Å². The monoisotopic (exact) mass is 310 g/mol. The molecule has 0 unspecified atom stereocenters. The van der Waals surface area contributed by atoms with Gasteiger partial charge in [-0.3, -0.25) is 5.32 Å². The third kappa shape index (κ3) is 14.7. The molecule has 0 rings (SSSR count). The predicted octanol–water partition coefficient (Wildman–Crippen LogP) is 4.56. The van der Waals surface area contributed by atoms with Gasteiger partial charge in [-0.05, 0) is 57.2 Å². The maximum Gasteiger partial charge on any atom is 0.170 e. The van der Waals surface area contributed by atoms with E-state index in [-0.39, 0.29) is 0 Å². The van der Waals surface area contributed by atoms with Crippen molar-refractivity contribution in [3.05, 3.63) is 0 Å². The minimum atomic E-state index is -0.790. The summed E-state index contributed by atoms with van der Waals surface area (Å²) in [5.74, 6) is 1.52. The fraction of sp³-hybridized carbons (Fsp3) is 1.00. The zero-order valence-corrected chi connectivity index (χ0v) is 14.6. The lowest BCUT2D eigenvalue weighted by Gasteiger charge is -2.21. The van der Waals surface area contributed by atoms with Crippen LogP contribution in [0.15, 0.2) is 0 Å². The first-order chi connectivity index (χ1) is 8.83. The Kier molecular flexibility index (Phi) is 11.5. The first-order valence-electron chi connectivity index (χ1n) is 7.67. The molecular formula is C15H32Cl2N2. The highest BCUT2D eigenvalue weighted by Gasteiger charge is 2.21. The smallest absolute Gasteiger partial charge is 0.170 e. The van der Waals surface area contributed by atoms with Gasteiger partial charge in [0.1, 0.15) is 0 Å². The van der Waals surface area contributed by atoms with Crippen LogP contribution in [-0.2, 0) is 0 Å². The largest absolute Gasteiger partial charge is 0.317 e. The van der Waals surface area contributed by atoms with Crippen molar-refractivity contribution < 1.29 is 0 Å². The molecule has 0 saturated carbocycles. The Morgan fingerprint density at radius 2 is 1.37 bits per heavy atom. The molecular weight excluding hydrogens is 279 g/mol. The van der Waals surface area contributed by atoms with Gasteiger partial charge >= 0.3 is 0 Å². The van der Waals surface area contributed by atoms with Crippen LogP contribution < -0.4 is 10.6 Å². The Labute approximate surface area is 130 Å². The summed E-state index contributed by atoms with van der Waals surface area (Å²) in [7, 11) is 0. The summed E-state index contributed by atoms with van der Waals surface area (Å²) in [4.78, 5) is 0. The van der Waals surface area contributed by atoms with E-state index in [1.165, 1.54) is 19.3 Å². The first kappa shape index (κ1) is 19.5. The average molecular weight is 311 g/mol. The molecule has 0 aliphatic carbocycles. The molecule has 116 valence electrons. The quantitative estimate of drug-likeness (QED) is 0.314. The van der Waals surface area contributed by atoms with Crippen LogP contribution in [0.1, 0.15) is 59.8 Å². The van der Waals surface area contributed by atoms with Gasteiger partial charge in [-0.25, -0.2) is 0 Å². The van der Waals surface area contributed by atoms with Crippen LogP contribution >= 0.6 is 23.2 Å². The van der Waals surface area contributed by atoms with Crippen molar-refractivity contribution >= 4 is 23.2 Å². The van der Waals surface area contributed by atoms with Crippen LogP contribution in [0, 0.1) is 11.8 Å². The van der Waals surface area contributed by atoms with Gasteiger partial charge in [0.25, 0.3) is 0 Å². The lowest BCUT2D eigenvalue weighted by molar-refractivity contribution is 0.473. The maximum atomic E-state index is 6.23. The molecule has 4 heteroatoms. The summed E-state index contributed by atoms with van der Waals surface area (Å²) < 4.78 is -0.790. The molecule has 2 N–H and O–H groups in total. The lowest BCUT2D eigenvalue weighted by atomic mass is 10.1. The molecule has 19 heavy (non-hydrogen) atoms. The van der Waals surface area contributed by atoms with Gasteiger partial charge in [-0.2, -0.15) is 0 Å². The van der Waals surface area contributed by atoms with Crippen molar-refractivity contribution in [2.75, 3.05) is 19.6 Å². The molecule has 0 fully saturated rings. The van der Waals surface area contributed by atoms with Crippen LogP contribution in [0.3, 0.4) is 0 Å². The normalized spacial score (nSPS) is 12.6. The highest BCUT2D eigenvalue weighted by molar-refractivity contribution is 6.48. The molecule has 0 spiro atoms. The summed E-state index contributed by atoms with van der Waals surface area (Å²) in [6.45, 7) is 11.8. The third-order valence-electron chi connectivity index (χ3n) is 3.09. The number of hydrogen-bond acceptors (Lipinski definition) is 2. The number of rotatable bonds is 12. The van der Waals surface area contributed by atoms with Gasteiger partial charge in [-0.15, -0.1) is 0 Å². The zero-order chi connectivity index (χ0) is 14.7. The molecule has 0 aromatic heterocycles. The van der Waals surface area contributed by atoms with Crippen molar-refractivity contribution in [3.63, 3.8) is 0 Å². The molecule has 0 atom stereocenters. The molecule has 2 nitrogen and oxygen atoms in total. The highest BCUT2D eigenvalue weighted by Crippen LogP contribution is 2.21. The Hall–Kier alpha value is 0.500. The van der Waals surface area contributed by atoms with Crippen LogP contribution in [0.25, 0.3) is 0 Å². The van der Waals surface area contributed by atoms with Crippen molar-refractivity contribution in [2.24, 2.45) is 11.8 Å². The summed E-state index contributed by atoms with van der Waals surface area (Å²) in [6.07, 6.45) is 5.56. The van der Waals surface area contributed by atoms with Gasteiger partial charge in [-0.1, -0.05) is 50.9 Å². The van der Waals surface area contributed by atoms with Crippen molar-refractivity contribution in [1.29, 1.82) is 0 Å². The van der Waals surface area contributed by atoms with E-state index in [4.69, 9.17) is 23.2 Å². The maximum absolute atomic E-state index is 6.23. The second-order valence-corrected chi connectivity index (χ2v) is 7.69. The summed E-state index contributed by atoms with van der Waals surface area (Å²) in [5, 5.41) is 6.61. The van der Waals surface area contributed by atoms with E-state index < -0.39 is 4.46 Å². The topological polar surface area (TPSA) is 24.1 Å². The van der Waals surface area contributed by atoms with E-state index >= 15 is 0 Å². The van der Waals surface area contributed by atoms with Gasteiger partial charge in [0.2, 0.25) is 0 Å². The minimum absolute atomic E-state index is 0.736. The lowest BCUT2D eigenvalue weighted by Crippen LogP contribution is -2.38. The van der Waals surface area contributed by atoms with Crippen LogP contribution in [0.4, 0.5) is 0 Å². The first-order valence-corrected chi connectivity index (χ1v) is 8.42. The van der Waals surface area contributed by atoms with Gasteiger partial charge in [0, 0.05) is 6.42 Å². The second kappa shape index (κ2) is 11.2. The zero-order valence-electron chi connectivity index (χ0n) is 13.1. The molecule has 0 amide bonds. The molecule has 0 heterocycles. The number of halogens is 2. The second-order valence-electron chi connectivity index (χ2n) is 6.20.